The van der Waals surface area contributed by atoms with Crippen LogP contribution in [0.15, 0.2) is 30.3 Å². The molecule has 1 fully saturated rings. The van der Waals surface area contributed by atoms with Crippen molar-refractivity contribution in [3.8, 4) is 45.6 Å². The molecule has 11 nitrogen and oxygen atoms in total. The highest BCUT2D eigenvalue weighted by molar-refractivity contribution is 6.31. The average molecular weight is 627 g/mol. The quantitative estimate of drug-likeness (QED) is 0.211. The zero-order chi connectivity index (χ0) is 33.2. The molecule has 0 spiro atoms. The highest BCUT2D eigenvalue weighted by Gasteiger charge is 2.58. The fraction of sp³-hybridized carbons (Fsp3) is 0.286. The summed E-state index contributed by atoms with van der Waals surface area (Å²) in [6, 6.07) is 6.94. The third-order valence-electron chi connectivity index (χ3n) is 9.06. The molecule has 3 aliphatic rings. The molecular formula is C35H30O11. The number of phenolic OH excluding ortho intramolecular Hbond substituents is 4. The Morgan fingerprint density at radius 3 is 2.13 bits per heavy atom. The molecular weight excluding hydrogens is 596 g/mol. The van der Waals surface area contributed by atoms with E-state index < -0.39 is 57.8 Å². The summed E-state index contributed by atoms with van der Waals surface area (Å²) < 4.78 is 23.3. The molecule has 2 aliphatic carbocycles. The van der Waals surface area contributed by atoms with Crippen molar-refractivity contribution in [1.29, 1.82) is 0 Å². The number of phenols is 4. The smallest absolute Gasteiger partial charge is 0.201 e. The summed E-state index contributed by atoms with van der Waals surface area (Å²) in [4.78, 5) is 41.8. The minimum atomic E-state index is -1.21. The minimum Gasteiger partial charge on any atom is -0.507 e. The molecule has 4 N–H and O–H groups in total. The Bertz CT molecular complexity index is 2110. The third-order valence-corrected chi connectivity index (χ3v) is 9.06. The van der Waals surface area contributed by atoms with Crippen molar-refractivity contribution in [3.63, 3.8) is 0 Å². The van der Waals surface area contributed by atoms with Gasteiger partial charge in [-0.1, -0.05) is 0 Å². The van der Waals surface area contributed by atoms with E-state index in [2.05, 4.69) is 0 Å². The van der Waals surface area contributed by atoms with Gasteiger partial charge in [-0.3, -0.25) is 14.4 Å². The molecule has 236 valence electrons. The van der Waals surface area contributed by atoms with E-state index in [1.165, 1.54) is 44.6 Å². The fourth-order valence-electron chi connectivity index (χ4n) is 7.35. The van der Waals surface area contributed by atoms with Gasteiger partial charge in [0, 0.05) is 34.6 Å². The van der Waals surface area contributed by atoms with Crippen LogP contribution in [0.1, 0.15) is 74.1 Å². The van der Waals surface area contributed by atoms with E-state index in [-0.39, 0.29) is 73.2 Å². The summed E-state index contributed by atoms with van der Waals surface area (Å²) in [5, 5.41) is 45.6. The van der Waals surface area contributed by atoms with Gasteiger partial charge >= 0.3 is 0 Å². The maximum Gasteiger partial charge on any atom is 0.201 e. The Hall–Kier alpha value is -5.13. The number of aromatic hydroxyl groups is 4. The van der Waals surface area contributed by atoms with E-state index >= 15 is 0 Å². The van der Waals surface area contributed by atoms with E-state index in [9.17, 15) is 34.8 Å². The summed E-state index contributed by atoms with van der Waals surface area (Å²) in [7, 11) is 2.70. The molecule has 0 bridgehead atoms. The third kappa shape index (κ3) is 3.82. The fourth-order valence-corrected chi connectivity index (χ4v) is 7.35. The van der Waals surface area contributed by atoms with Crippen molar-refractivity contribution in [3.05, 3.63) is 69.3 Å². The molecule has 2 atom stereocenters. The van der Waals surface area contributed by atoms with Crippen LogP contribution in [-0.2, 0) is 15.9 Å². The zero-order valence-electron chi connectivity index (χ0n) is 25.8. The Labute approximate surface area is 262 Å². The number of Topliss-reactive ketones (excluding diaryl/α,β-unsaturated/α-hetero) is 1. The number of carbonyl (C=O) groups is 3. The Kier molecular flexibility index (Phi) is 6.07. The van der Waals surface area contributed by atoms with E-state index in [0.717, 1.165) is 0 Å². The molecule has 4 aromatic carbocycles. The number of hydrogen-bond acceptors (Lipinski definition) is 11. The highest BCUT2D eigenvalue weighted by Crippen LogP contribution is 2.56. The summed E-state index contributed by atoms with van der Waals surface area (Å²) in [6.45, 7) is 6.70. The number of aryl methyl sites for hydroxylation is 1. The topological polar surface area (TPSA) is 169 Å². The Balaban J connectivity index is 1.62. The normalized spacial score (nSPS) is 21.1. The molecule has 0 unspecified atom stereocenters. The standard InChI is InChI=1S/C35H30O11/c1-13-7-16-24(19(36)8-13)30(40)25-17(28(16)38)11-21(44-6)27(31(25)41)22-15-9-14(43-5)10-20(37)23(15)29(39)26-18(22)12-35(4)33(32(26)42)45-34(2,3)46-35/h7-11,33,36-37,39,41H,12H2,1-6H3/t33-,35+/m1/s1. The van der Waals surface area contributed by atoms with Crippen LogP contribution in [0.25, 0.3) is 21.9 Å². The maximum absolute atomic E-state index is 14.2. The second-order valence-corrected chi connectivity index (χ2v) is 12.6. The van der Waals surface area contributed by atoms with Crippen LogP contribution >= 0.6 is 0 Å². The monoisotopic (exact) mass is 626 g/mol. The van der Waals surface area contributed by atoms with Gasteiger partial charge in [-0.25, -0.2) is 0 Å². The summed E-state index contributed by atoms with van der Waals surface area (Å²) >= 11 is 0. The van der Waals surface area contributed by atoms with Gasteiger partial charge in [0.15, 0.2) is 23.5 Å². The van der Waals surface area contributed by atoms with E-state index in [4.69, 9.17) is 18.9 Å². The first-order valence-electron chi connectivity index (χ1n) is 14.5. The largest absolute Gasteiger partial charge is 0.507 e. The Morgan fingerprint density at radius 1 is 0.761 bits per heavy atom. The number of ketones is 3. The van der Waals surface area contributed by atoms with Crippen molar-refractivity contribution >= 4 is 28.1 Å². The number of methoxy groups -OCH3 is 2. The summed E-state index contributed by atoms with van der Waals surface area (Å²) in [6.07, 6.45) is -1.11. The first-order chi connectivity index (χ1) is 21.6. The number of hydrogen-bond donors (Lipinski definition) is 4. The van der Waals surface area contributed by atoms with Crippen molar-refractivity contribution in [1.82, 2.24) is 0 Å². The lowest BCUT2D eigenvalue weighted by Gasteiger charge is -2.36. The molecule has 0 aromatic heterocycles. The van der Waals surface area contributed by atoms with E-state index in [1.54, 1.807) is 27.7 Å². The SMILES string of the molecule is COc1cc(O)c2c(O)c3c(c(-c4c(OC)cc5c(c4O)C(=O)c4c(O)cc(C)cc4C5=O)c2c1)C[C@]1(C)OC(C)(C)O[C@@H]1C3=O. The molecule has 1 saturated heterocycles. The molecule has 0 amide bonds. The van der Waals surface area contributed by atoms with E-state index in [1.807, 2.05) is 0 Å². The minimum absolute atomic E-state index is 0.00553. The van der Waals surface area contributed by atoms with Crippen LogP contribution in [0, 0.1) is 6.92 Å². The first-order valence-corrected chi connectivity index (χ1v) is 14.5. The van der Waals surface area contributed by atoms with Gasteiger partial charge in [-0.2, -0.15) is 0 Å². The van der Waals surface area contributed by atoms with Crippen LogP contribution in [0.3, 0.4) is 0 Å². The number of ether oxygens (including phenoxy) is 4. The number of benzene rings is 4. The average Bonchev–Trinajstić information content (AvgIpc) is 3.23. The van der Waals surface area contributed by atoms with Gasteiger partial charge in [0.25, 0.3) is 0 Å². The highest BCUT2D eigenvalue weighted by atomic mass is 16.8. The molecule has 4 aromatic rings. The van der Waals surface area contributed by atoms with Crippen molar-refractivity contribution in [2.75, 3.05) is 14.2 Å². The number of rotatable bonds is 3. The van der Waals surface area contributed by atoms with Crippen LogP contribution in [0.2, 0.25) is 0 Å². The lowest BCUT2D eigenvalue weighted by atomic mass is 9.73. The first kappa shape index (κ1) is 29.6. The van der Waals surface area contributed by atoms with Gasteiger partial charge in [0.05, 0.1) is 41.9 Å². The van der Waals surface area contributed by atoms with Crippen molar-refractivity contribution in [2.24, 2.45) is 0 Å². The lowest BCUT2D eigenvalue weighted by Crippen LogP contribution is -2.48. The lowest BCUT2D eigenvalue weighted by molar-refractivity contribution is -0.158. The van der Waals surface area contributed by atoms with Crippen LogP contribution in [-0.4, -0.2) is 69.5 Å². The Morgan fingerprint density at radius 2 is 1.46 bits per heavy atom. The van der Waals surface area contributed by atoms with E-state index in [0.29, 0.717) is 5.56 Å². The van der Waals surface area contributed by atoms with Crippen LogP contribution < -0.4 is 9.47 Å². The predicted molar refractivity (Wildman–Crippen MR) is 164 cm³/mol. The van der Waals surface area contributed by atoms with Gasteiger partial charge in [0.2, 0.25) is 5.78 Å². The zero-order valence-corrected chi connectivity index (χ0v) is 25.8. The van der Waals surface area contributed by atoms with Crippen molar-refractivity contribution < 1.29 is 53.8 Å². The molecule has 11 heteroatoms. The van der Waals surface area contributed by atoms with Gasteiger partial charge < -0.3 is 39.4 Å². The number of carbonyl (C=O) groups excluding carboxylic acids is 3. The van der Waals surface area contributed by atoms with Crippen molar-refractivity contribution in [2.45, 2.75) is 51.6 Å². The van der Waals surface area contributed by atoms with Crippen LogP contribution in [0.4, 0.5) is 0 Å². The summed E-state index contributed by atoms with van der Waals surface area (Å²) in [5.74, 6) is -4.99. The van der Waals surface area contributed by atoms with Gasteiger partial charge in [-0.15, -0.1) is 0 Å². The van der Waals surface area contributed by atoms with Crippen LogP contribution in [0.5, 0.6) is 34.5 Å². The number of fused-ring (bicyclic) bond motifs is 5. The van der Waals surface area contributed by atoms with Gasteiger partial charge in [-0.05, 0) is 63.1 Å². The maximum atomic E-state index is 14.2. The second-order valence-electron chi connectivity index (χ2n) is 12.6. The summed E-state index contributed by atoms with van der Waals surface area (Å²) in [5.41, 5.74) is -1.33. The molecule has 46 heavy (non-hydrogen) atoms. The second kappa shape index (κ2) is 9.44. The molecule has 7 rings (SSSR count). The molecule has 0 radical (unpaired) electrons. The molecule has 1 heterocycles. The predicted octanol–water partition coefficient (Wildman–Crippen LogP) is 5.08. The molecule has 1 aliphatic heterocycles. The van der Waals surface area contributed by atoms with Gasteiger partial charge in [0.1, 0.15) is 40.1 Å². The molecule has 0 saturated carbocycles.